The fourth-order valence-electron chi connectivity index (χ4n) is 4.26. The van der Waals surface area contributed by atoms with E-state index in [-0.39, 0.29) is 11.6 Å². The number of halogens is 1. The molecular formula is C23H27FN2O2. The minimum atomic E-state index is -0.389. The Balaban J connectivity index is 1.17. The molecule has 2 N–H and O–H groups in total. The Hall–Kier alpha value is -2.40. The van der Waals surface area contributed by atoms with Crippen LogP contribution in [0.5, 0.6) is 0 Å². The zero-order chi connectivity index (χ0) is 19.3. The molecule has 4 nitrogen and oxygen atoms in total. The summed E-state index contributed by atoms with van der Waals surface area (Å²) in [5, 5.41) is 3.70. The van der Waals surface area contributed by atoms with Gasteiger partial charge >= 0.3 is 5.76 Å². The summed E-state index contributed by atoms with van der Waals surface area (Å²) in [5.41, 5.74) is 3.90. The van der Waals surface area contributed by atoms with Crippen LogP contribution in [0.25, 0.3) is 11.1 Å². The number of aromatic nitrogens is 1. The quantitative estimate of drug-likeness (QED) is 0.572. The maximum Gasteiger partial charge on any atom is 0.417 e. The lowest BCUT2D eigenvalue weighted by Gasteiger charge is -2.29. The summed E-state index contributed by atoms with van der Waals surface area (Å²) in [6.07, 6.45) is 7.94. The average molecular weight is 382 g/mol. The molecule has 0 spiro atoms. The molecule has 3 aromatic rings. The number of benzene rings is 2. The van der Waals surface area contributed by atoms with Crippen molar-refractivity contribution < 1.29 is 8.81 Å². The van der Waals surface area contributed by atoms with E-state index in [9.17, 15) is 9.18 Å². The van der Waals surface area contributed by atoms with E-state index in [1.54, 1.807) is 0 Å². The Morgan fingerprint density at radius 2 is 1.82 bits per heavy atom. The summed E-state index contributed by atoms with van der Waals surface area (Å²) >= 11 is 0. The molecule has 0 saturated heterocycles. The van der Waals surface area contributed by atoms with E-state index in [1.807, 2.05) is 24.3 Å². The van der Waals surface area contributed by atoms with Gasteiger partial charge in [0.1, 0.15) is 5.82 Å². The monoisotopic (exact) mass is 382 g/mol. The molecule has 0 bridgehead atoms. The summed E-state index contributed by atoms with van der Waals surface area (Å²) < 4.78 is 18.1. The maximum absolute atomic E-state index is 12.9. The number of rotatable bonds is 7. The van der Waals surface area contributed by atoms with Gasteiger partial charge < -0.3 is 9.73 Å². The van der Waals surface area contributed by atoms with Crippen LogP contribution in [0.3, 0.4) is 0 Å². The van der Waals surface area contributed by atoms with E-state index < -0.39 is 0 Å². The average Bonchev–Trinajstić information content (AvgIpc) is 3.09. The van der Waals surface area contributed by atoms with E-state index in [0.29, 0.717) is 17.5 Å². The van der Waals surface area contributed by atoms with Gasteiger partial charge in [0, 0.05) is 6.04 Å². The lowest BCUT2D eigenvalue weighted by Crippen LogP contribution is -2.33. The summed E-state index contributed by atoms with van der Waals surface area (Å²) in [5.74, 6) is -0.0146. The molecule has 1 saturated carbocycles. The summed E-state index contributed by atoms with van der Waals surface area (Å²) in [6, 6.07) is 13.5. The number of unbranched alkanes of at least 4 members (excludes halogenated alkanes) is 1. The third-order valence-electron chi connectivity index (χ3n) is 5.88. The fourth-order valence-corrected chi connectivity index (χ4v) is 4.26. The number of hydrogen-bond acceptors (Lipinski definition) is 3. The standard InChI is InChI=1S/C23H27FN2O2/c24-19-9-4-16(5-10-19)3-1-2-14-25-20-11-6-17(7-12-20)18-8-13-21-22(15-18)28-23(27)26-21/h4-5,8-10,13,15,17,20,25H,1-3,6-7,11-12,14H2,(H,26,27). The van der Waals surface area contributed by atoms with Crippen molar-refractivity contribution >= 4 is 11.1 Å². The Bertz CT molecular complexity index is 953. The van der Waals surface area contributed by atoms with Crippen LogP contribution < -0.4 is 11.1 Å². The molecule has 1 fully saturated rings. The van der Waals surface area contributed by atoms with Gasteiger partial charge in [0.2, 0.25) is 0 Å². The predicted molar refractivity (Wildman–Crippen MR) is 109 cm³/mol. The van der Waals surface area contributed by atoms with Gasteiger partial charge in [0.15, 0.2) is 5.58 Å². The van der Waals surface area contributed by atoms with E-state index in [0.717, 1.165) is 44.2 Å². The molecule has 0 radical (unpaired) electrons. The molecule has 5 heteroatoms. The van der Waals surface area contributed by atoms with Crippen LogP contribution in [-0.2, 0) is 6.42 Å². The first-order chi connectivity index (χ1) is 13.7. The molecule has 1 aliphatic rings. The predicted octanol–water partition coefficient (Wildman–Crippen LogP) is 4.90. The molecule has 1 aliphatic carbocycles. The van der Waals surface area contributed by atoms with Gasteiger partial charge in [-0.3, -0.25) is 4.98 Å². The zero-order valence-electron chi connectivity index (χ0n) is 16.0. The molecule has 0 unspecified atom stereocenters. The highest BCUT2D eigenvalue weighted by molar-refractivity contribution is 5.72. The molecule has 0 atom stereocenters. The SMILES string of the molecule is O=c1[nH]c2ccc(C3CCC(NCCCCc4ccc(F)cc4)CC3)cc2o1. The van der Waals surface area contributed by atoms with Gasteiger partial charge in [-0.05, 0) is 92.8 Å². The van der Waals surface area contributed by atoms with Crippen molar-refractivity contribution in [2.75, 3.05) is 6.54 Å². The fraction of sp³-hybridized carbons (Fsp3) is 0.435. The Labute approximate surface area is 164 Å². The molecule has 28 heavy (non-hydrogen) atoms. The van der Waals surface area contributed by atoms with Crippen LogP contribution in [0.1, 0.15) is 55.6 Å². The van der Waals surface area contributed by atoms with Gasteiger partial charge in [-0.2, -0.15) is 0 Å². The topological polar surface area (TPSA) is 58.0 Å². The van der Waals surface area contributed by atoms with Crippen molar-refractivity contribution in [3.63, 3.8) is 0 Å². The highest BCUT2D eigenvalue weighted by atomic mass is 19.1. The van der Waals surface area contributed by atoms with Crippen molar-refractivity contribution in [3.8, 4) is 0 Å². The van der Waals surface area contributed by atoms with Crippen molar-refractivity contribution in [2.45, 2.75) is 56.9 Å². The van der Waals surface area contributed by atoms with Gasteiger partial charge in [-0.1, -0.05) is 18.2 Å². The molecule has 0 amide bonds. The summed E-state index contributed by atoms with van der Waals surface area (Å²) in [6.45, 7) is 1.04. The van der Waals surface area contributed by atoms with E-state index in [2.05, 4.69) is 16.4 Å². The van der Waals surface area contributed by atoms with Crippen LogP contribution in [0.15, 0.2) is 51.7 Å². The second-order valence-corrected chi connectivity index (χ2v) is 7.86. The van der Waals surface area contributed by atoms with Gasteiger partial charge in [0.05, 0.1) is 5.52 Å². The number of nitrogens with one attached hydrogen (secondary N) is 2. The van der Waals surface area contributed by atoms with Crippen LogP contribution in [0, 0.1) is 5.82 Å². The Morgan fingerprint density at radius 1 is 1.04 bits per heavy atom. The highest BCUT2D eigenvalue weighted by Gasteiger charge is 2.22. The number of hydrogen-bond donors (Lipinski definition) is 2. The molecule has 0 aliphatic heterocycles. The lowest BCUT2D eigenvalue weighted by molar-refractivity contribution is 0.341. The first kappa shape index (κ1) is 18.9. The molecular weight excluding hydrogens is 355 g/mol. The van der Waals surface area contributed by atoms with Crippen LogP contribution in [0.4, 0.5) is 4.39 Å². The Kier molecular flexibility index (Phi) is 5.91. The third kappa shape index (κ3) is 4.71. The second-order valence-electron chi connectivity index (χ2n) is 7.86. The van der Waals surface area contributed by atoms with E-state index in [1.165, 1.54) is 36.1 Å². The summed E-state index contributed by atoms with van der Waals surface area (Å²) in [7, 11) is 0. The van der Waals surface area contributed by atoms with E-state index in [4.69, 9.17) is 4.42 Å². The number of fused-ring (bicyclic) bond motifs is 1. The number of aromatic amines is 1. The minimum Gasteiger partial charge on any atom is -0.408 e. The molecule has 148 valence electrons. The van der Waals surface area contributed by atoms with Crippen LogP contribution in [-0.4, -0.2) is 17.6 Å². The van der Waals surface area contributed by atoms with Gasteiger partial charge in [0.25, 0.3) is 0 Å². The minimum absolute atomic E-state index is 0.168. The zero-order valence-corrected chi connectivity index (χ0v) is 16.0. The normalized spacial score (nSPS) is 19.9. The molecule has 1 heterocycles. The van der Waals surface area contributed by atoms with Crippen molar-refractivity contribution in [2.24, 2.45) is 0 Å². The molecule has 1 aromatic heterocycles. The second kappa shape index (κ2) is 8.74. The molecule has 4 rings (SSSR count). The van der Waals surface area contributed by atoms with E-state index >= 15 is 0 Å². The van der Waals surface area contributed by atoms with Crippen LogP contribution >= 0.6 is 0 Å². The maximum atomic E-state index is 12.9. The number of H-pyrrole nitrogens is 1. The first-order valence-electron chi connectivity index (χ1n) is 10.3. The smallest absolute Gasteiger partial charge is 0.408 e. The highest BCUT2D eigenvalue weighted by Crippen LogP contribution is 2.34. The third-order valence-corrected chi connectivity index (χ3v) is 5.88. The lowest BCUT2D eigenvalue weighted by atomic mass is 9.81. The molecule has 2 aromatic carbocycles. The van der Waals surface area contributed by atoms with Crippen LogP contribution in [0.2, 0.25) is 0 Å². The van der Waals surface area contributed by atoms with Gasteiger partial charge in [-0.25, -0.2) is 9.18 Å². The van der Waals surface area contributed by atoms with Crippen molar-refractivity contribution in [1.29, 1.82) is 0 Å². The van der Waals surface area contributed by atoms with Crippen molar-refractivity contribution in [1.82, 2.24) is 10.3 Å². The largest absolute Gasteiger partial charge is 0.417 e. The number of oxazole rings is 1. The number of aryl methyl sites for hydroxylation is 1. The Morgan fingerprint density at radius 3 is 2.61 bits per heavy atom. The first-order valence-corrected chi connectivity index (χ1v) is 10.3. The van der Waals surface area contributed by atoms with Crippen molar-refractivity contribution in [3.05, 3.63) is 70.0 Å². The summed E-state index contributed by atoms with van der Waals surface area (Å²) in [4.78, 5) is 14.0. The van der Waals surface area contributed by atoms with Gasteiger partial charge in [-0.15, -0.1) is 0 Å².